The molecule has 0 atom stereocenters. The van der Waals surface area contributed by atoms with Crippen molar-refractivity contribution in [1.82, 2.24) is 0 Å². The van der Waals surface area contributed by atoms with E-state index in [0.717, 1.165) is 18.4 Å². The van der Waals surface area contributed by atoms with E-state index in [1.165, 1.54) is 17.5 Å². The van der Waals surface area contributed by atoms with Gasteiger partial charge < -0.3 is 5.73 Å². The second-order valence-electron chi connectivity index (χ2n) is 4.23. The minimum atomic E-state index is 0.141. The maximum absolute atomic E-state index is 11.8. The number of carbonyl (C=O) groups is 1. The monoisotopic (exact) mass is 233 g/mol. The smallest absolute Gasteiger partial charge is 0.163 e. The van der Waals surface area contributed by atoms with Crippen LogP contribution in [-0.4, -0.2) is 10.8 Å². The van der Waals surface area contributed by atoms with Crippen molar-refractivity contribution in [2.24, 2.45) is 5.73 Å². The zero-order valence-corrected chi connectivity index (χ0v) is 9.98. The number of benzene rings is 1. The van der Waals surface area contributed by atoms with Gasteiger partial charge in [0.2, 0.25) is 0 Å². The molecule has 0 aromatic heterocycles. The highest BCUT2D eigenvalue weighted by molar-refractivity contribution is 7.80. The molecule has 1 aliphatic rings. The second kappa shape index (κ2) is 4.74. The maximum atomic E-state index is 11.8. The lowest BCUT2D eigenvalue weighted by molar-refractivity contribution is 0.0985. The van der Waals surface area contributed by atoms with Crippen molar-refractivity contribution in [3.8, 4) is 0 Å². The summed E-state index contributed by atoms with van der Waals surface area (Å²) in [5, 5.41) is 0. The lowest BCUT2D eigenvalue weighted by Crippen LogP contribution is -2.10. The molecule has 0 amide bonds. The van der Waals surface area contributed by atoms with Crippen molar-refractivity contribution in [3.63, 3.8) is 0 Å². The molecular formula is C13H15NOS. The van der Waals surface area contributed by atoms with Crippen LogP contribution in [-0.2, 0) is 12.8 Å². The van der Waals surface area contributed by atoms with Gasteiger partial charge in [-0.1, -0.05) is 24.4 Å². The van der Waals surface area contributed by atoms with Crippen LogP contribution in [0.15, 0.2) is 18.2 Å². The van der Waals surface area contributed by atoms with Crippen LogP contribution < -0.4 is 5.73 Å². The van der Waals surface area contributed by atoms with Crippen LogP contribution in [0.2, 0.25) is 0 Å². The summed E-state index contributed by atoms with van der Waals surface area (Å²) in [5.41, 5.74) is 8.92. The van der Waals surface area contributed by atoms with Gasteiger partial charge in [0, 0.05) is 18.4 Å². The molecule has 0 bridgehead atoms. The Morgan fingerprint density at radius 3 is 2.75 bits per heavy atom. The number of ketones is 1. The van der Waals surface area contributed by atoms with Gasteiger partial charge >= 0.3 is 0 Å². The predicted molar refractivity (Wildman–Crippen MR) is 68.8 cm³/mol. The lowest BCUT2D eigenvalue weighted by Gasteiger charge is -2.04. The van der Waals surface area contributed by atoms with Crippen molar-refractivity contribution in [2.75, 3.05) is 0 Å². The van der Waals surface area contributed by atoms with Gasteiger partial charge in [0.15, 0.2) is 5.78 Å². The molecule has 3 heteroatoms. The molecule has 0 unspecified atom stereocenters. The van der Waals surface area contributed by atoms with E-state index in [2.05, 4.69) is 6.07 Å². The highest BCUT2D eigenvalue weighted by atomic mass is 32.1. The molecule has 2 rings (SSSR count). The van der Waals surface area contributed by atoms with Gasteiger partial charge in [-0.3, -0.25) is 4.79 Å². The lowest BCUT2D eigenvalue weighted by atomic mass is 10.0. The largest absolute Gasteiger partial charge is 0.393 e. The summed E-state index contributed by atoms with van der Waals surface area (Å²) >= 11 is 4.77. The van der Waals surface area contributed by atoms with E-state index in [9.17, 15) is 4.79 Å². The first-order chi connectivity index (χ1) is 7.66. The van der Waals surface area contributed by atoms with E-state index in [-0.39, 0.29) is 5.78 Å². The molecule has 1 aliphatic carbocycles. The predicted octanol–water partition coefficient (Wildman–Crippen LogP) is 2.42. The number of carbonyl (C=O) groups excluding carboxylic acids is 1. The molecule has 0 saturated heterocycles. The number of fused-ring (bicyclic) bond motifs is 1. The zero-order chi connectivity index (χ0) is 11.5. The summed E-state index contributed by atoms with van der Waals surface area (Å²) in [6.07, 6.45) is 4.39. The van der Waals surface area contributed by atoms with Crippen molar-refractivity contribution in [1.29, 1.82) is 0 Å². The third-order valence-corrected chi connectivity index (χ3v) is 3.22. The Bertz CT molecular complexity index is 440. The second-order valence-corrected chi connectivity index (χ2v) is 4.75. The SMILES string of the molecule is NC(=S)CCC(=O)c1ccc2c(c1)CCC2. The minimum absolute atomic E-state index is 0.141. The summed E-state index contributed by atoms with van der Waals surface area (Å²) in [6.45, 7) is 0. The summed E-state index contributed by atoms with van der Waals surface area (Å²) in [4.78, 5) is 12.2. The van der Waals surface area contributed by atoms with Crippen LogP contribution in [0.5, 0.6) is 0 Å². The Labute approximate surface area is 101 Å². The molecule has 1 aromatic rings. The minimum Gasteiger partial charge on any atom is -0.393 e. The summed E-state index contributed by atoms with van der Waals surface area (Å²) < 4.78 is 0. The fourth-order valence-corrected chi connectivity index (χ4v) is 2.23. The highest BCUT2D eigenvalue weighted by Gasteiger charge is 2.13. The van der Waals surface area contributed by atoms with Crippen LogP contribution in [0.25, 0.3) is 0 Å². The highest BCUT2D eigenvalue weighted by Crippen LogP contribution is 2.23. The first-order valence-corrected chi connectivity index (χ1v) is 6.01. The van der Waals surface area contributed by atoms with Crippen molar-refractivity contribution < 1.29 is 4.79 Å². The number of thiocarbonyl (C=S) groups is 1. The van der Waals surface area contributed by atoms with Crippen molar-refractivity contribution >= 4 is 23.0 Å². The number of nitrogens with two attached hydrogens (primary N) is 1. The molecule has 1 aromatic carbocycles. The zero-order valence-electron chi connectivity index (χ0n) is 9.16. The molecule has 0 fully saturated rings. The molecule has 0 aliphatic heterocycles. The van der Waals surface area contributed by atoms with Gasteiger partial charge in [0.1, 0.15) is 0 Å². The van der Waals surface area contributed by atoms with Gasteiger partial charge in [-0.15, -0.1) is 0 Å². The van der Waals surface area contributed by atoms with Crippen LogP contribution in [0.1, 0.15) is 40.7 Å². The fourth-order valence-electron chi connectivity index (χ4n) is 2.13. The molecule has 84 valence electrons. The van der Waals surface area contributed by atoms with E-state index in [0.29, 0.717) is 17.8 Å². The van der Waals surface area contributed by atoms with Gasteiger partial charge in [-0.25, -0.2) is 0 Å². The molecule has 16 heavy (non-hydrogen) atoms. The molecule has 0 saturated carbocycles. The van der Waals surface area contributed by atoms with Gasteiger partial charge in [0.05, 0.1) is 4.99 Å². The van der Waals surface area contributed by atoms with E-state index in [1.54, 1.807) is 0 Å². The number of rotatable bonds is 4. The first kappa shape index (κ1) is 11.3. The molecule has 0 heterocycles. The summed E-state index contributed by atoms with van der Waals surface area (Å²) in [6, 6.07) is 6.03. The molecule has 0 spiro atoms. The van der Waals surface area contributed by atoms with Gasteiger partial charge in [-0.05, 0) is 36.5 Å². The van der Waals surface area contributed by atoms with E-state index < -0.39 is 0 Å². The quantitative estimate of drug-likeness (QED) is 0.641. The Morgan fingerprint density at radius 2 is 2.00 bits per heavy atom. The fraction of sp³-hybridized carbons (Fsp3) is 0.385. The molecular weight excluding hydrogens is 218 g/mol. The molecule has 2 N–H and O–H groups in total. The Kier molecular flexibility index (Phi) is 3.34. The third-order valence-electron chi connectivity index (χ3n) is 3.02. The average molecular weight is 233 g/mol. The van der Waals surface area contributed by atoms with Crippen molar-refractivity contribution in [3.05, 3.63) is 34.9 Å². The first-order valence-electron chi connectivity index (χ1n) is 5.60. The topological polar surface area (TPSA) is 43.1 Å². The number of aryl methyl sites for hydroxylation is 2. The number of Topliss-reactive ketones (excluding diaryl/α,β-unsaturated/α-hetero) is 1. The van der Waals surface area contributed by atoms with Crippen LogP contribution in [0.3, 0.4) is 0 Å². The van der Waals surface area contributed by atoms with E-state index in [1.807, 2.05) is 12.1 Å². The normalized spacial score (nSPS) is 13.5. The Balaban J connectivity index is 2.09. The number of hydrogen-bond donors (Lipinski definition) is 1. The van der Waals surface area contributed by atoms with Crippen molar-refractivity contribution in [2.45, 2.75) is 32.1 Å². The van der Waals surface area contributed by atoms with Gasteiger partial charge in [0.25, 0.3) is 0 Å². The standard InChI is InChI=1S/C13H15NOS/c14-13(16)7-6-12(15)11-5-4-9-2-1-3-10(9)8-11/h4-5,8H,1-3,6-7H2,(H2,14,16). The third kappa shape index (κ3) is 2.47. The number of hydrogen-bond acceptors (Lipinski definition) is 2. The van der Waals surface area contributed by atoms with Gasteiger partial charge in [-0.2, -0.15) is 0 Å². The van der Waals surface area contributed by atoms with E-state index >= 15 is 0 Å². The molecule has 2 nitrogen and oxygen atoms in total. The summed E-state index contributed by atoms with van der Waals surface area (Å²) in [7, 11) is 0. The summed E-state index contributed by atoms with van der Waals surface area (Å²) in [5.74, 6) is 0.141. The van der Waals surface area contributed by atoms with Crippen LogP contribution in [0, 0.1) is 0 Å². The average Bonchev–Trinajstić information content (AvgIpc) is 2.72. The Hall–Kier alpha value is -1.22. The van der Waals surface area contributed by atoms with Crippen LogP contribution in [0.4, 0.5) is 0 Å². The Morgan fingerprint density at radius 1 is 1.25 bits per heavy atom. The molecule has 0 radical (unpaired) electrons. The van der Waals surface area contributed by atoms with E-state index in [4.69, 9.17) is 18.0 Å². The maximum Gasteiger partial charge on any atom is 0.163 e. The van der Waals surface area contributed by atoms with Crippen LogP contribution >= 0.6 is 12.2 Å².